The first kappa shape index (κ1) is 12.9. The molecule has 0 unspecified atom stereocenters. The van der Waals surface area contributed by atoms with Crippen molar-refractivity contribution >= 4 is 21.6 Å². The van der Waals surface area contributed by atoms with Crippen molar-refractivity contribution in [1.29, 1.82) is 0 Å². The first-order chi connectivity index (χ1) is 8.32. The van der Waals surface area contributed by atoms with Crippen LogP contribution >= 0.6 is 0 Å². The molecule has 1 fully saturated rings. The Labute approximate surface area is 105 Å². The molecule has 2 heterocycles. The van der Waals surface area contributed by atoms with Crippen molar-refractivity contribution in [2.24, 2.45) is 7.05 Å². The Balaban J connectivity index is 2.37. The third-order valence-corrected chi connectivity index (χ3v) is 4.66. The van der Waals surface area contributed by atoms with Gasteiger partial charge in [0.1, 0.15) is 11.4 Å². The number of aromatic carboxylic acids is 1. The SMILES string of the molecule is Cc1nn(C)c(N2CCS(=O)(=O)CC2)c1C(=O)O. The summed E-state index contributed by atoms with van der Waals surface area (Å²) in [6.45, 7) is 2.25. The van der Waals surface area contributed by atoms with Crippen LogP contribution in [0.1, 0.15) is 16.1 Å². The first-order valence-corrected chi connectivity index (χ1v) is 7.36. The van der Waals surface area contributed by atoms with Gasteiger partial charge in [0.05, 0.1) is 17.2 Å². The third kappa shape index (κ3) is 2.20. The largest absolute Gasteiger partial charge is 0.477 e. The minimum atomic E-state index is -2.98. The molecule has 8 heteroatoms. The van der Waals surface area contributed by atoms with E-state index in [1.54, 1.807) is 18.9 Å². The zero-order valence-corrected chi connectivity index (χ0v) is 11.1. The van der Waals surface area contributed by atoms with E-state index in [9.17, 15) is 18.3 Å². The fourth-order valence-corrected chi connectivity index (χ4v) is 3.38. The van der Waals surface area contributed by atoms with E-state index in [0.29, 0.717) is 24.6 Å². The van der Waals surface area contributed by atoms with Crippen LogP contribution in [0.2, 0.25) is 0 Å². The van der Waals surface area contributed by atoms with E-state index in [-0.39, 0.29) is 17.1 Å². The molecule has 0 spiro atoms. The average Bonchev–Trinajstić information content (AvgIpc) is 2.54. The molecule has 18 heavy (non-hydrogen) atoms. The number of anilines is 1. The monoisotopic (exact) mass is 273 g/mol. The first-order valence-electron chi connectivity index (χ1n) is 5.54. The summed E-state index contributed by atoms with van der Waals surface area (Å²) in [5, 5.41) is 13.3. The summed E-state index contributed by atoms with van der Waals surface area (Å²) in [6.07, 6.45) is 0. The van der Waals surface area contributed by atoms with E-state index in [1.807, 2.05) is 0 Å². The molecule has 1 saturated heterocycles. The van der Waals surface area contributed by atoms with Gasteiger partial charge in [-0.05, 0) is 6.92 Å². The summed E-state index contributed by atoms with van der Waals surface area (Å²) in [4.78, 5) is 13.0. The van der Waals surface area contributed by atoms with Crippen LogP contribution in [0.5, 0.6) is 0 Å². The van der Waals surface area contributed by atoms with Crippen LogP contribution < -0.4 is 4.90 Å². The van der Waals surface area contributed by atoms with Gasteiger partial charge in [-0.3, -0.25) is 4.68 Å². The van der Waals surface area contributed by atoms with E-state index in [1.165, 1.54) is 4.68 Å². The molecule has 100 valence electrons. The van der Waals surface area contributed by atoms with Crippen molar-refractivity contribution in [3.05, 3.63) is 11.3 Å². The van der Waals surface area contributed by atoms with E-state index in [2.05, 4.69) is 5.10 Å². The standard InChI is InChI=1S/C10H15N3O4S/c1-7-8(10(14)15)9(12(2)11-7)13-3-5-18(16,17)6-4-13/h3-6H2,1-2H3,(H,14,15). The Hall–Kier alpha value is -1.57. The Morgan fingerprint density at radius 3 is 2.39 bits per heavy atom. The Kier molecular flexibility index (Phi) is 3.05. The number of aryl methyl sites for hydroxylation is 2. The van der Waals surface area contributed by atoms with Gasteiger partial charge >= 0.3 is 5.97 Å². The number of carbonyl (C=O) groups is 1. The maximum atomic E-state index is 11.4. The van der Waals surface area contributed by atoms with Crippen LogP contribution in [0.4, 0.5) is 5.82 Å². The Bertz CT molecular complexity index is 577. The number of hydrogen-bond acceptors (Lipinski definition) is 5. The summed E-state index contributed by atoms with van der Waals surface area (Å²) in [6, 6.07) is 0. The normalized spacial score (nSPS) is 18.9. The molecule has 1 aromatic heterocycles. The van der Waals surface area contributed by atoms with Gasteiger partial charge in [0, 0.05) is 20.1 Å². The minimum absolute atomic E-state index is 0.0519. The number of carboxylic acid groups (broad SMARTS) is 1. The molecule has 0 saturated carbocycles. The van der Waals surface area contributed by atoms with Crippen LogP contribution in [0.25, 0.3) is 0 Å². The summed E-state index contributed by atoms with van der Waals surface area (Å²) < 4.78 is 24.2. The molecule has 0 amide bonds. The predicted molar refractivity (Wildman–Crippen MR) is 65.8 cm³/mol. The highest BCUT2D eigenvalue weighted by Crippen LogP contribution is 2.24. The van der Waals surface area contributed by atoms with Gasteiger partial charge in [-0.25, -0.2) is 13.2 Å². The number of aromatic nitrogens is 2. The van der Waals surface area contributed by atoms with Gasteiger partial charge in [0.25, 0.3) is 0 Å². The third-order valence-electron chi connectivity index (χ3n) is 3.05. The molecule has 1 aromatic rings. The van der Waals surface area contributed by atoms with Crippen molar-refractivity contribution in [2.75, 3.05) is 29.5 Å². The lowest BCUT2D eigenvalue weighted by Crippen LogP contribution is -2.41. The minimum Gasteiger partial charge on any atom is -0.477 e. The van der Waals surface area contributed by atoms with E-state index in [4.69, 9.17) is 0 Å². The van der Waals surface area contributed by atoms with Gasteiger partial charge in [-0.1, -0.05) is 0 Å². The van der Waals surface area contributed by atoms with Gasteiger partial charge in [-0.15, -0.1) is 0 Å². The van der Waals surface area contributed by atoms with Gasteiger partial charge in [-0.2, -0.15) is 5.10 Å². The van der Waals surface area contributed by atoms with Crippen molar-refractivity contribution in [2.45, 2.75) is 6.92 Å². The predicted octanol–water partition coefficient (Wildman–Crippen LogP) is -0.338. The highest BCUT2D eigenvalue weighted by molar-refractivity contribution is 7.91. The smallest absolute Gasteiger partial charge is 0.341 e. The van der Waals surface area contributed by atoms with Gasteiger partial charge < -0.3 is 10.0 Å². The molecule has 1 aliphatic rings. The second kappa shape index (κ2) is 4.27. The summed E-state index contributed by atoms with van der Waals surface area (Å²) in [5.74, 6) is -0.453. The fraction of sp³-hybridized carbons (Fsp3) is 0.600. The lowest BCUT2D eigenvalue weighted by molar-refractivity contribution is 0.0696. The summed E-state index contributed by atoms with van der Waals surface area (Å²) in [7, 11) is -1.32. The fourth-order valence-electron chi connectivity index (χ4n) is 2.18. The summed E-state index contributed by atoms with van der Waals surface area (Å²) >= 11 is 0. The molecule has 7 nitrogen and oxygen atoms in total. The zero-order chi connectivity index (χ0) is 13.5. The molecule has 0 atom stereocenters. The maximum absolute atomic E-state index is 11.4. The van der Waals surface area contributed by atoms with Gasteiger partial charge in [0.2, 0.25) is 0 Å². The van der Waals surface area contributed by atoms with Gasteiger partial charge in [0.15, 0.2) is 9.84 Å². The van der Waals surface area contributed by atoms with E-state index >= 15 is 0 Å². The van der Waals surface area contributed by atoms with Crippen LogP contribution in [0.3, 0.4) is 0 Å². The number of nitrogens with zero attached hydrogens (tertiary/aromatic N) is 3. The number of rotatable bonds is 2. The zero-order valence-electron chi connectivity index (χ0n) is 10.3. The number of carboxylic acids is 1. The molecule has 0 aromatic carbocycles. The quantitative estimate of drug-likeness (QED) is 0.792. The lowest BCUT2D eigenvalue weighted by Gasteiger charge is -2.28. The molecule has 2 rings (SSSR count). The molecular weight excluding hydrogens is 258 g/mol. The maximum Gasteiger partial charge on any atom is 0.341 e. The van der Waals surface area contributed by atoms with Crippen LogP contribution in [-0.2, 0) is 16.9 Å². The second-order valence-electron chi connectivity index (χ2n) is 4.35. The molecule has 1 aliphatic heterocycles. The Morgan fingerprint density at radius 1 is 1.33 bits per heavy atom. The highest BCUT2D eigenvalue weighted by Gasteiger charge is 2.29. The molecular formula is C10H15N3O4S. The van der Waals surface area contributed by atoms with Crippen molar-refractivity contribution < 1.29 is 18.3 Å². The Morgan fingerprint density at radius 2 is 1.89 bits per heavy atom. The second-order valence-corrected chi connectivity index (χ2v) is 6.66. The van der Waals surface area contributed by atoms with Crippen LogP contribution in [0, 0.1) is 6.92 Å². The molecule has 0 radical (unpaired) electrons. The van der Waals surface area contributed by atoms with Crippen molar-refractivity contribution in [3.8, 4) is 0 Å². The van der Waals surface area contributed by atoms with Crippen LogP contribution in [0.15, 0.2) is 0 Å². The molecule has 1 N–H and O–H groups in total. The lowest BCUT2D eigenvalue weighted by atomic mass is 10.2. The van der Waals surface area contributed by atoms with E-state index < -0.39 is 15.8 Å². The molecule has 0 aliphatic carbocycles. The van der Waals surface area contributed by atoms with Crippen molar-refractivity contribution in [1.82, 2.24) is 9.78 Å². The van der Waals surface area contributed by atoms with Crippen molar-refractivity contribution in [3.63, 3.8) is 0 Å². The number of sulfone groups is 1. The highest BCUT2D eigenvalue weighted by atomic mass is 32.2. The average molecular weight is 273 g/mol. The van der Waals surface area contributed by atoms with Crippen LogP contribution in [-0.4, -0.2) is 53.9 Å². The summed E-state index contributed by atoms with van der Waals surface area (Å²) in [5.41, 5.74) is 0.588. The van der Waals surface area contributed by atoms with E-state index in [0.717, 1.165) is 0 Å². The topological polar surface area (TPSA) is 92.5 Å². The molecule has 0 bridgehead atoms. The number of hydrogen-bond donors (Lipinski definition) is 1.